The molecule has 0 amide bonds. The smallest absolute Gasteiger partial charge is 0.301 e. The van der Waals surface area contributed by atoms with Gasteiger partial charge >= 0.3 is 5.00 Å². The zero-order valence-electron chi connectivity index (χ0n) is 15.2. The quantitative estimate of drug-likeness (QED) is 0.191. The Labute approximate surface area is 172 Å². The van der Waals surface area contributed by atoms with Crippen LogP contribution in [0.3, 0.4) is 0 Å². The van der Waals surface area contributed by atoms with Crippen LogP contribution in [0.4, 0.5) is 27.2 Å². The van der Waals surface area contributed by atoms with Crippen LogP contribution in [0, 0.1) is 10.1 Å². The standard InChI is InChI=1S/C15H10N6O2S.C3H7N.CH4/c22-21(23)14-10-16-15(24-14)20-19-13-8-6-12(7-9-13)18-17-11-4-2-1-3-5-11;1-3-4-2;/h1-10H;3H,1-2H3;1H4. The lowest BCUT2D eigenvalue weighted by atomic mass is 10.3. The average molecular weight is 411 g/mol. The summed E-state index contributed by atoms with van der Waals surface area (Å²) in [5, 5.41) is 26.8. The minimum atomic E-state index is -0.511. The molecule has 0 fully saturated rings. The summed E-state index contributed by atoms with van der Waals surface area (Å²) in [5.41, 5.74) is 2.04. The first kappa shape index (κ1) is 23.4. The molecule has 150 valence electrons. The topological polar surface area (TPSA) is 118 Å². The second kappa shape index (κ2) is 12.7. The van der Waals surface area contributed by atoms with Gasteiger partial charge in [0.2, 0.25) is 5.13 Å². The molecule has 0 aliphatic rings. The predicted molar refractivity (Wildman–Crippen MR) is 117 cm³/mol. The molecule has 1 heterocycles. The van der Waals surface area contributed by atoms with Gasteiger partial charge in [-0.2, -0.15) is 10.2 Å². The van der Waals surface area contributed by atoms with Crippen molar-refractivity contribution in [1.29, 1.82) is 0 Å². The Morgan fingerprint density at radius 3 is 1.86 bits per heavy atom. The Morgan fingerprint density at radius 1 is 0.931 bits per heavy atom. The molecule has 0 aliphatic carbocycles. The Kier molecular flexibility index (Phi) is 10.2. The third-order valence-electron chi connectivity index (χ3n) is 3.06. The molecular weight excluding hydrogens is 390 g/mol. The van der Waals surface area contributed by atoms with E-state index < -0.39 is 4.92 Å². The summed E-state index contributed by atoms with van der Waals surface area (Å²) in [7, 11) is 1.75. The minimum absolute atomic E-state index is 0. The molecule has 3 aromatic rings. The van der Waals surface area contributed by atoms with Gasteiger partial charge in [0.1, 0.15) is 6.20 Å². The Hall–Kier alpha value is -3.66. The molecule has 0 aliphatic heterocycles. The molecule has 0 saturated heterocycles. The number of nitro groups is 1. The zero-order chi connectivity index (χ0) is 20.2. The minimum Gasteiger partial charge on any atom is -0.301 e. The van der Waals surface area contributed by atoms with E-state index in [4.69, 9.17) is 0 Å². The second-order valence-electron chi connectivity index (χ2n) is 5.01. The Bertz CT molecular complexity index is 964. The van der Waals surface area contributed by atoms with Crippen molar-refractivity contribution in [2.45, 2.75) is 14.4 Å². The van der Waals surface area contributed by atoms with Gasteiger partial charge in [0.05, 0.1) is 22.0 Å². The van der Waals surface area contributed by atoms with Crippen molar-refractivity contribution in [1.82, 2.24) is 4.98 Å². The first-order chi connectivity index (χ1) is 13.6. The number of aliphatic imine (C=N–C) groups is 1. The van der Waals surface area contributed by atoms with E-state index in [0.717, 1.165) is 23.2 Å². The molecule has 0 bridgehead atoms. The van der Waals surface area contributed by atoms with E-state index in [9.17, 15) is 10.1 Å². The number of benzene rings is 2. The number of hydrogen-bond donors (Lipinski definition) is 0. The molecule has 0 spiro atoms. The first-order valence-corrected chi connectivity index (χ1v) is 8.89. The van der Waals surface area contributed by atoms with Gasteiger partial charge in [-0.3, -0.25) is 10.1 Å². The van der Waals surface area contributed by atoms with Gasteiger partial charge in [0.25, 0.3) is 0 Å². The number of thiazole rings is 1. The van der Waals surface area contributed by atoms with E-state index in [1.807, 2.05) is 37.3 Å². The summed E-state index contributed by atoms with van der Waals surface area (Å²) in [5.74, 6) is 0. The molecule has 3 rings (SSSR count). The van der Waals surface area contributed by atoms with Crippen LogP contribution in [0.15, 0.2) is 86.2 Å². The molecule has 0 unspecified atom stereocenters. The Morgan fingerprint density at radius 2 is 1.41 bits per heavy atom. The van der Waals surface area contributed by atoms with Crippen LogP contribution in [-0.2, 0) is 0 Å². The van der Waals surface area contributed by atoms with E-state index in [-0.39, 0.29) is 17.6 Å². The molecule has 2 aromatic carbocycles. The molecule has 9 nitrogen and oxygen atoms in total. The maximum atomic E-state index is 10.6. The Balaban J connectivity index is 0.000000771. The summed E-state index contributed by atoms with van der Waals surface area (Å²) in [6.45, 7) is 1.89. The number of nitrogens with zero attached hydrogens (tertiary/aromatic N) is 7. The van der Waals surface area contributed by atoms with Crippen molar-refractivity contribution in [3.63, 3.8) is 0 Å². The van der Waals surface area contributed by atoms with Crippen LogP contribution in [0.2, 0.25) is 0 Å². The van der Waals surface area contributed by atoms with Crippen LogP contribution in [0.25, 0.3) is 0 Å². The van der Waals surface area contributed by atoms with Gasteiger partial charge in [0.15, 0.2) is 0 Å². The lowest BCUT2D eigenvalue weighted by Crippen LogP contribution is -1.80. The lowest BCUT2D eigenvalue weighted by molar-refractivity contribution is -0.380. The fourth-order valence-corrected chi connectivity index (χ4v) is 2.24. The average Bonchev–Trinajstić information content (AvgIpc) is 3.22. The van der Waals surface area contributed by atoms with Gasteiger partial charge in [-0.15, -0.1) is 10.2 Å². The summed E-state index contributed by atoms with van der Waals surface area (Å²) in [6.07, 6.45) is 2.91. The largest absolute Gasteiger partial charge is 0.345 e. The van der Waals surface area contributed by atoms with E-state index >= 15 is 0 Å². The number of rotatable bonds is 5. The first-order valence-electron chi connectivity index (χ1n) is 8.08. The van der Waals surface area contributed by atoms with E-state index in [2.05, 4.69) is 30.4 Å². The fourth-order valence-electron chi connectivity index (χ4n) is 1.68. The van der Waals surface area contributed by atoms with Crippen molar-refractivity contribution in [2.24, 2.45) is 25.4 Å². The third kappa shape index (κ3) is 8.26. The van der Waals surface area contributed by atoms with Gasteiger partial charge in [-0.25, -0.2) is 4.98 Å². The highest BCUT2D eigenvalue weighted by Gasteiger charge is 2.10. The van der Waals surface area contributed by atoms with Crippen molar-refractivity contribution >= 4 is 44.7 Å². The summed E-state index contributed by atoms with van der Waals surface area (Å²) in [6, 6.07) is 16.4. The van der Waals surface area contributed by atoms with Gasteiger partial charge < -0.3 is 4.99 Å². The van der Waals surface area contributed by atoms with Crippen molar-refractivity contribution in [2.75, 3.05) is 7.05 Å². The zero-order valence-corrected chi connectivity index (χ0v) is 16.0. The van der Waals surface area contributed by atoms with Crippen molar-refractivity contribution in [3.8, 4) is 0 Å². The lowest BCUT2D eigenvalue weighted by Gasteiger charge is -1.94. The van der Waals surface area contributed by atoms with Gasteiger partial charge in [-0.05, 0) is 60.9 Å². The summed E-state index contributed by atoms with van der Waals surface area (Å²) in [4.78, 5) is 17.5. The molecular formula is C19H21N7O2S. The molecule has 10 heteroatoms. The SMILES string of the molecule is C.CC=NC.O=[N+]([O-])c1cnc(N=Nc2ccc(N=Nc3ccccc3)cc2)s1. The van der Waals surface area contributed by atoms with E-state index in [1.54, 1.807) is 37.5 Å². The third-order valence-corrected chi connectivity index (χ3v) is 3.89. The molecule has 29 heavy (non-hydrogen) atoms. The van der Waals surface area contributed by atoms with Crippen LogP contribution >= 0.6 is 11.3 Å². The summed E-state index contributed by atoms with van der Waals surface area (Å²) >= 11 is 0.865. The van der Waals surface area contributed by atoms with Gasteiger partial charge in [-0.1, -0.05) is 25.6 Å². The molecule has 0 atom stereocenters. The normalized spacial score (nSPS) is 10.7. The number of hydrogen-bond acceptors (Lipinski definition) is 9. The number of aromatic nitrogens is 1. The van der Waals surface area contributed by atoms with Crippen LogP contribution in [0.5, 0.6) is 0 Å². The van der Waals surface area contributed by atoms with Crippen LogP contribution in [-0.4, -0.2) is 23.2 Å². The van der Waals surface area contributed by atoms with Crippen LogP contribution in [0.1, 0.15) is 14.4 Å². The maximum absolute atomic E-state index is 10.6. The van der Waals surface area contributed by atoms with Gasteiger partial charge in [0, 0.05) is 7.05 Å². The second-order valence-corrected chi connectivity index (χ2v) is 5.99. The van der Waals surface area contributed by atoms with E-state index in [1.165, 1.54) is 0 Å². The molecule has 0 saturated carbocycles. The van der Waals surface area contributed by atoms with Crippen molar-refractivity contribution < 1.29 is 4.92 Å². The van der Waals surface area contributed by atoms with E-state index in [0.29, 0.717) is 11.4 Å². The highest BCUT2D eigenvalue weighted by atomic mass is 32.1. The molecule has 0 N–H and O–H groups in total. The van der Waals surface area contributed by atoms with Crippen molar-refractivity contribution in [3.05, 3.63) is 70.9 Å². The predicted octanol–water partition coefficient (Wildman–Crippen LogP) is 7.23. The number of azo groups is 2. The highest BCUT2D eigenvalue weighted by molar-refractivity contribution is 7.18. The fraction of sp³-hybridized carbons (Fsp3) is 0.158. The monoisotopic (exact) mass is 411 g/mol. The molecule has 0 radical (unpaired) electrons. The maximum Gasteiger partial charge on any atom is 0.345 e. The highest BCUT2D eigenvalue weighted by Crippen LogP contribution is 2.29. The van der Waals surface area contributed by atoms with Crippen LogP contribution < -0.4 is 0 Å². The molecule has 1 aromatic heterocycles. The summed E-state index contributed by atoms with van der Waals surface area (Å²) < 4.78 is 0.